The van der Waals surface area contributed by atoms with Gasteiger partial charge in [-0.15, -0.1) is 10.2 Å². The molecule has 10 heteroatoms. The van der Waals surface area contributed by atoms with Gasteiger partial charge in [0.15, 0.2) is 28.6 Å². The Kier molecular flexibility index (Phi) is 7.46. The largest absolute Gasteiger partial charge is 0.497 e. The molecule has 0 bridgehead atoms. The number of hydrogen-bond donors (Lipinski definition) is 1. The first-order chi connectivity index (χ1) is 16.4. The van der Waals surface area contributed by atoms with Crippen LogP contribution in [0.2, 0.25) is 0 Å². The van der Waals surface area contributed by atoms with Crippen molar-refractivity contribution < 1.29 is 23.7 Å². The van der Waals surface area contributed by atoms with Crippen LogP contribution < -0.4 is 24.3 Å². The third kappa shape index (κ3) is 5.74. The van der Waals surface area contributed by atoms with E-state index in [4.69, 9.17) is 18.9 Å². The second-order valence-electron chi connectivity index (χ2n) is 8.19. The SMILES string of the molecule is COc1ccc(OC(C)c2nnc(SCC(=O)Nc3ccc4c(c3)OCO4)n2CC(C)C)cc1. The predicted octanol–water partition coefficient (Wildman–Crippen LogP) is 4.54. The molecule has 1 aromatic heterocycles. The van der Waals surface area contributed by atoms with Crippen LogP contribution in [0.25, 0.3) is 0 Å². The topological polar surface area (TPSA) is 96.7 Å². The number of fused-ring (bicyclic) bond motifs is 1. The average Bonchev–Trinajstić information content (AvgIpc) is 3.44. The molecule has 1 unspecified atom stereocenters. The summed E-state index contributed by atoms with van der Waals surface area (Å²) in [5.74, 6) is 3.90. The first-order valence-electron chi connectivity index (χ1n) is 11.0. The molecule has 0 aliphatic carbocycles. The molecular formula is C24H28N4O5S. The van der Waals surface area contributed by atoms with Gasteiger partial charge in [0.05, 0.1) is 12.9 Å². The fourth-order valence-electron chi connectivity index (χ4n) is 3.46. The van der Waals surface area contributed by atoms with Gasteiger partial charge in [-0.1, -0.05) is 25.6 Å². The fourth-order valence-corrected chi connectivity index (χ4v) is 4.21. The number of rotatable bonds is 10. The summed E-state index contributed by atoms with van der Waals surface area (Å²) in [7, 11) is 1.63. The number of amides is 1. The zero-order valence-corrected chi connectivity index (χ0v) is 20.4. The highest BCUT2D eigenvalue weighted by Crippen LogP contribution is 2.34. The molecule has 0 fully saturated rings. The Bertz CT molecular complexity index is 1130. The fraction of sp³-hybridized carbons (Fsp3) is 0.375. The molecule has 1 N–H and O–H groups in total. The van der Waals surface area contributed by atoms with Gasteiger partial charge in [0, 0.05) is 18.3 Å². The number of aromatic nitrogens is 3. The highest BCUT2D eigenvalue weighted by Gasteiger charge is 2.21. The van der Waals surface area contributed by atoms with Crippen molar-refractivity contribution in [2.24, 2.45) is 5.92 Å². The minimum absolute atomic E-state index is 0.146. The number of nitrogens with one attached hydrogen (secondary N) is 1. The molecule has 1 aliphatic rings. The van der Waals surface area contributed by atoms with Crippen molar-refractivity contribution in [3.05, 3.63) is 48.3 Å². The maximum atomic E-state index is 12.6. The molecule has 4 rings (SSSR count). The molecule has 3 aromatic rings. The molecule has 9 nitrogen and oxygen atoms in total. The van der Waals surface area contributed by atoms with E-state index in [1.807, 2.05) is 35.8 Å². The van der Waals surface area contributed by atoms with E-state index in [2.05, 4.69) is 29.4 Å². The maximum Gasteiger partial charge on any atom is 0.234 e. The van der Waals surface area contributed by atoms with Crippen molar-refractivity contribution in [3.63, 3.8) is 0 Å². The molecule has 2 heterocycles. The number of hydrogen-bond acceptors (Lipinski definition) is 8. The Morgan fingerprint density at radius 3 is 2.56 bits per heavy atom. The summed E-state index contributed by atoms with van der Waals surface area (Å²) < 4.78 is 24.0. The number of benzene rings is 2. The van der Waals surface area contributed by atoms with Crippen molar-refractivity contribution in [3.8, 4) is 23.0 Å². The molecule has 180 valence electrons. The summed E-state index contributed by atoms with van der Waals surface area (Å²) in [6, 6.07) is 12.7. The van der Waals surface area contributed by atoms with Crippen LogP contribution in [0.5, 0.6) is 23.0 Å². The smallest absolute Gasteiger partial charge is 0.234 e. The Balaban J connectivity index is 1.41. The summed E-state index contributed by atoms with van der Waals surface area (Å²) in [6.07, 6.45) is -0.323. The molecular weight excluding hydrogens is 456 g/mol. The second kappa shape index (κ2) is 10.7. The third-order valence-electron chi connectivity index (χ3n) is 5.02. The van der Waals surface area contributed by atoms with Crippen LogP contribution in [0.1, 0.15) is 32.7 Å². The monoisotopic (exact) mass is 484 g/mol. The van der Waals surface area contributed by atoms with Crippen LogP contribution in [0.15, 0.2) is 47.6 Å². The van der Waals surface area contributed by atoms with E-state index in [0.717, 1.165) is 5.75 Å². The number of nitrogens with zero attached hydrogens (tertiary/aromatic N) is 3. The summed E-state index contributed by atoms with van der Waals surface area (Å²) in [4.78, 5) is 12.6. The van der Waals surface area contributed by atoms with E-state index in [1.165, 1.54) is 11.8 Å². The van der Waals surface area contributed by atoms with Crippen molar-refractivity contribution in [1.29, 1.82) is 0 Å². The number of methoxy groups -OCH3 is 1. The highest BCUT2D eigenvalue weighted by molar-refractivity contribution is 7.99. The lowest BCUT2D eigenvalue weighted by Crippen LogP contribution is -2.17. The first kappa shape index (κ1) is 23.7. The Hall–Kier alpha value is -3.40. The van der Waals surface area contributed by atoms with E-state index in [1.54, 1.807) is 25.3 Å². The van der Waals surface area contributed by atoms with Crippen LogP contribution in [-0.2, 0) is 11.3 Å². The maximum absolute atomic E-state index is 12.6. The molecule has 1 amide bonds. The molecule has 0 saturated heterocycles. The van der Waals surface area contributed by atoms with Gasteiger partial charge in [-0.05, 0) is 49.2 Å². The zero-order chi connectivity index (χ0) is 24.1. The number of thioether (sulfide) groups is 1. The summed E-state index contributed by atoms with van der Waals surface area (Å²) in [5.41, 5.74) is 0.653. The number of anilines is 1. The van der Waals surface area contributed by atoms with E-state index in [9.17, 15) is 4.79 Å². The van der Waals surface area contributed by atoms with E-state index in [-0.39, 0.29) is 24.6 Å². The van der Waals surface area contributed by atoms with Gasteiger partial charge in [-0.3, -0.25) is 4.79 Å². The van der Waals surface area contributed by atoms with Crippen LogP contribution >= 0.6 is 11.8 Å². The Morgan fingerprint density at radius 1 is 1.09 bits per heavy atom. The lowest BCUT2D eigenvalue weighted by atomic mass is 10.2. The van der Waals surface area contributed by atoms with Gasteiger partial charge in [-0.25, -0.2) is 0 Å². The number of carbonyl (C=O) groups excluding carboxylic acids is 1. The molecule has 0 saturated carbocycles. The molecule has 1 aliphatic heterocycles. The molecule has 0 spiro atoms. The quantitative estimate of drug-likeness (QED) is 0.419. The van der Waals surface area contributed by atoms with E-state index >= 15 is 0 Å². The summed E-state index contributed by atoms with van der Waals surface area (Å²) in [6.45, 7) is 7.09. The standard InChI is InChI=1S/C24H28N4O5S/c1-15(2)12-28-23(16(3)33-19-8-6-18(30-4)7-9-19)26-27-24(28)34-13-22(29)25-17-5-10-20-21(11-17)32-14-31-20/h5-11,15-16H,12-14H2,1-4H3,(H,25,29). The number of ether oxygens (including phenoxy) is 4. The van der Waals surface area contributed by atoms with Crippen LogP contribution in [0.3, 0.4) is 0 Å². The second-order valence-corrected chi connectivity index (χ2v) is 9.13. The predicted molar refractivity (Wildman–Crippen MR) is 129 cm³/mol. The summed E-state index contributed by atoms with van der Waals surface area (Å²) >= 11 is 1.34. The van der Waals surface area contributed by atoms with Crippen molar-refractivity contribution >= 4 is 23.4 Å². The van der Waals surface area contributed by atoms with Gasteiger partial charge >= 0.3 is 0 Å². The molecule has 2 aromatic carbocycles. The van der Waals surface area contributed by atoms with Gasteiger partial charge in [0.25, 0.3) is 0 Å². The normalized spacial score (nSPS) is 13.1. The minimum atomic E-state index is -0.323. The van der Waals surface area contributed by atoms with Crippen molar-refractivity contribution in [1.82, 2.24) is 14.8 Å². The van der Waals surface area contributed by atoms with Crippen molar-refractivity contribution in [2.45, 2.75) is 38.6 Å². The highest BCUT2D eigenvalue weighted by atomic mass is 32.2. The zero-order valence-electron chi connectivity index (χ0n) is 19.6. The summed E-state index contributed by atoms with van der Waals surface area (Å²) in [5, 5.41) is 12.3. The molecule has 0 radical (unpaired) electrons. The molecule has 1 atom stereocenters. The lowest BCUT2D eigenvalue weighted by Gasteiger charge is -2.18. The van der Waals surface area contributed by atoms with Crippen LogP contribution in [0.4, 0.5) is 5.69 Å². The van der Waals surface area contributed by atoms with Gasteiger partial charge in [0.1, 0.15) is 11.5 Å². The minimum Gasteiger partial charge on any atom is -0.497 e. The Labute approximate surface area is 202 Å². The van der Waals surface area contributed by atoms with Gasteiger partial charge < -0.3 is 28.8 Å². The first-order valence-corrected chi connectivity index (χ1v) is 12.0. The van der Waals surface area contributed by atoms with Gasteiger partial charge in [0.2, 0.25) is 12.7 Å². The third-order valence-corrected chi connectivity index (χ3v) is 5.98. The van der Waals surface area contributed by atoms with E-state index < -0.39 is 0 Å². The van der Waals surface area contributed by atoms with Crippen LogP contribution in [0, 0.1) is 5.92 Å². The average molecular weight is 485 g/mol. The van der Waals surface area contributed by atoms with Crippen molar-refractivity contribution in [2.75, 3.05) is 25.0 Å². The Morgan fingerprint density at radius 2 is 1.82 bits per heavy atom. The lowest BCUT2D eigenvalue weighted by molar-refractivity contribution is -0.113. The molecule has 34 heavy (non-hydrogen) atoms. The number of carbonyl (C=O) groups is 1. The van der Waals surface area contributed by atoms with Gasteiger partial charge in [-0.2, -0.15) is 0 Å². The van der Waals surface area contributed by atoms with E-state index in [0.29, 0.717) is 46.4 Å². The van der Waals surface area contributed by atoms with Crippen LogP contribution in [-0.4, -0.2) is 40.3 Å².